The molecule has 0 saturated heterocycles. The summed E-state index contributed by atoms with van der Waals surface area (Å²) in [5.74, 6) is 0.708. The first-order valence-electron chi connectivity index (χ1n) is 13.9. The number of nitrogens with zero attached hydrogens (tertiary/aromatic N) is 3. The van der Waals surface area contributed by atoms with Gasteiger partial charge in [-0.3, -0.25) is 4.40 Å². The lowest BCUT2D eigenvalue weighted by atomic mass is 9.89. The minimum absolute atomic E-state index is 0.708. The predicted molar refractivity (Wildman–Crippen MR) is 171 cm³/mol. The van der Waals surface area contributed by atoms with Crippen molar-refractivity contribution in [3.05, 3.63) is 140 Å². The van der Waals surface area contributed by atoms with Crippen molar-refractivity contribution in [3.63, 3.8) is 0 Å². The summed E-state index contributed by atoms with van der Waals surface area (Å²) in [7, 11) is 0. The molecule has 9 rings (SSSR count). The molecule has 0 bridgehead atoms. The fourth-order valence-electron chi connectivity index (χ4n) is 6.54. The Kier molecular flexibility index (Phi) is 4.61. The molecule has 3 nitrogen and oxygen atoms in total. The highest BCUT2D eigenvalue weighted by Crippen LogP contribution is 2.41. The van der Waals surface area contributed by atoms with Crippen LogP contribution in [-0.4, -0.2) is 14.4 Å². The van der Waals surface area contributed by atoms with E-state index in [2.05, 4.69) is 120 Å². The Morgan fingerprint density at radius 3 is 1.78 bits per heavy atom. The molecule has 190 valence electrons. The van der Waals surface area contributed by atoms with Crippen molar-refractivity contribution < 1.29 is 0 Å². The van der Waals surface area contributed by atoms with Crippen LogP contribution in [0, 0.1) is 0 Å². The zero-order valence-corrected chi connectivity index (χ0v) is 22.1. The SMILES string of the molecule is c1ccc2c(c1)c1cc(-c3ccc(-c4cn5cccnc5n4)cc3)ccc1c1cccc3ccc4cccc2c4c31. The second-order valence-electron chi connectivity index (χ2n) is 10.7. The molecule has 3 heteroatoms. The number of benzene rings is 6. The highest BCUT2D eigenvalue weighted by molar-refractivity contribution is 6.32. The fourth-order valence-corrected chi connectivity index (χ4v) is 6.54. The number of rotatable bonds is 2. The maximum Gasteiger partial charge on any atom is 0.234 e. The van der Waals surface area contributed by atoms with E-state index in [1.54, 1.807) is 6.20 Å². The van der Waals surface area contributed by atoms with Crippen molar-refractivity contribution in [1.29, 1.82) is 0 Å². The van der Waals surface area contributed by atoms with Gasteiger partial charge in [-0.2, -0.15) is 0 Å². The molecule has 0 unspecified atom stereocenters. The van der Waals surface area contributed by atoms with E-state index in [4.69, 9.17) is 4.98 Å². The van der Waals surface area contributed by atoms with Crippen LogP contribution in [0.2, 0.25) is 0 Å². The Hall–Kier alpha value is -5.54. The standard InChI is InChI=1S/C38H23N3/c1-2-9-30-29(8-1)32-10-3-6-26-16-17-27-7-4-11-33(37(27)36(26)32)31-19-18-28(22-34(30)31)24-12-14-25(15-13-24)35-23-41-21-5-20-39-38(41)40-35/h1-23H. The molecule has 9 aromatic rings. The highest BCUT2D eigenvalue weighted by atomic mass is 15.1. The third-order valence-corrected chi connectivity index (χ3v) is 8.45. The Balaban J connectivity index is 1.32. The molecule has 0 amide bonds. The Bertz CT molecular complexity index is 2440. The summed E-state index contributed by atoms with van der Waals surface area (Å²) in [5.41, 5.74) is 4.37. The molecule has 7 aromatic carbocycles. The maximum atomic E-state index is 4.69. The van der Waals surface area contributed by atoms with Gasteiger partial charge >= 0.3 is 0 Å². The molecule has 0 fully saturated rings. The van der Waals surface area contributed by atoms with Gasteiger partial charge in [-0.05, 0) is 77.1 Å². The van der Waals surface area contributed by atoms with E-state index in [0.29, 0.717) is 5.78 Å². The lowest BCUT2D eigenvalue weighted by Gasteiger charge is -2.14. The molecule has 41 heavy (non-hydrogen) atoms. The van der Waals surface area contributed by atoms with Crippen molar-refractivity contribution in [2.75, 3.05) is 0 Å². The van der Waals surface area contributed by atoms with Gasteiger partial charge < -0.3 is 0 Å². The van der Waals surface area contributed by atoms with Crippen LogP contribution in [0.1, 0.15) is 0 Å². The van der Waals surface area contributed by atoms with Crippen molar-refractivity contribution in [1.82, 2.24) is 14.4 Å². The van der Waals surface area contributed by atoms with Crippen LogP contribution >= 0.6 is 0 Å². The average molecular weight is 522 g/mol. The summed E-state index contributed by atoms with van der Waals surface area (Å²) < 4.78 is 1.95. The predicted octanol–water partition coefficient (Wildman–Crippen LogP) is 9.83. The van der Waals surface area contributed by atoms with Gasteiger partial charge in [0, 0.05) is 24.2 Å². The Morgan fingerprint density at radius 1 is 0.463 bits per heavy atom. The minimum Gasteiger partial charge on any atom is -0.291 e. The van der Waals surface area contributed by atoms with E-state index in [1.807, 2.05) is 22.9 Å². The summed E-state index contributed by atoms with van der Waals surface area (Å²) in [5, 5.41) is 12.8. The van der Waals surface area contributed by atoms with Crippen molar-refractivity contribution in [2.45, 2.75) is 0 Å². The van der Waals surface area contributed by atoms with E-state index < -0.39 is 0 Å². The molecule has 0 atom stereocenters. The molecule has 0 aliphatic rings. The number of hydrogen-bond donors (Lipinski definition) is 0. The molecular formula is C38H23N3. The summed E-state index contributed by atoms with van der Waals surface area (Å²) in [6.45, 7) is 0. The average Bonchev–Trinajstić information content (AvgIpc) is 3.48. The lowest BCUT2D eigenvalue weighted by molar-refractivity contribution is 1.11. The highest BCUT2D eigenvalue weighted by Gasteiger charge is 2.13. The second kappa shape index (κ2) is 8.48. The van der Waals surface area contributed by atoms with Gasteiger partial charge in [0.2, 0.25) is 5.78 Å². The second-order valence-corrected chi connectivity index (χ2v) is 10.7. The van der Waals surface area contributed by atoms with Crippen molar-refractivity contribution in [2.24, 2.45) is 0 Å². The minimum atomic E-state index is 0.708. The van der Waals surface area contributed by atoms with Gasteiger partial charge in [-0.25, -0.2) is 9.97 Å². The van der Waals surface area contributed by atoms with Crippen LogP contribution in [0.5, 0.6) is 0 Å². The van der Waals surface area contributed by atoms with Crippen LogP contribution in [0.15, 0.2) is 140 Å². The number of fused-ring (bicyclic) bond motifs is 6. The third kappa shape index (κ3) is 3.33. The summed E-state index contributed by atoms with van der Waals surface area (Å²) >= 11 is 0. The Morgan fingerprint density at radius 2 is 1.07 bits per heavy atom. The lowest BCUT2D eigenvalue weighted by Crippen LogP contribution is -1.87. The van der Waals surface area contributed by atoms with E-state index in [0.717, 1.165) is 11.3 Å². The van der Waals surface area contributed by atoms with Gasteiger partial charge in [0.15, 0.2) is 0 Å². The molecule has 0 radical (unpaired) electrons. The molecule has 0 saturated carbocycles. The van der Waals surface area contributed by atoms with Crippen molar-refractivity contribution in [3.8, 4) is 22.4 Å². The van der Waals surface area contributed by atoms with E-state index in [-0.39, 0.29) is 0 Å². The summed E-state index contributed by atoms with van der Waals surface area (Å²) in [6, 6.07) is 44.3. The van der Waals surface area contributed by atoms with E-state index in [1.165, 1.54) is 65.0 Å². The first kappa shape index (κ1) is 22.3. The van der Waals surface area contributed by atoms with Gasteiger partial charge in [-0.15, -0.1) is 0 Å². The normalized spacial score (nSPS) is 11.9. The monoisotopic (exact) mass is 521 g/mol. The largest absolute Gasteiger partial charge is 0.291 e. The maximum absolute atomic E-state index is 4.69. The Labute approximate surface area is 236 Å². The smallest absolute Gasteiger partial charge is 0.234 e. The van der Waals surface area contributed by atoms with Crippen LogP contribution in [0.25, 0.3) is 82.0 Å². The third-order valence-electron chi connectivity index (χ3n) is 8.45. The van der Waals surface area contributed by atoms with E-state index >= 15 is 0 Å². The summed E-state index contributed by atoms with van der Waals surface area (Å²) in [4.78, 5) is 9.05. The van der Waals surface area contributed by atoms with Crippen LogP contribution in [0.3, 0.4) is 0 Å². The topological polar surface area (TPSA) is 30.2 Å². The number of imidazole rings is 1. The summed E-state index contributed by atoms with van der Waals surface area (Å²) in [6.07, 6.45) is 5.77. The van der Waals surface area contributed by atoms with Crippen molar-refractivity contribution >= 4 is 59.6 Å². The molecule has 2 aromatic heterocycles. The van der Waals surface area contributed by atoms with Gasteiger partial charge in [0.05, 0.1) is 5.69 Å². The molecule has 0 aliphatic carbocycles. The van der Waals surface area contributed by atoms with Crippen LogP contribution in [-0.2, 0) is 0 Å². The molecule has 2 heterocycles. The molecule has 0 N–H and O–H groups in total. The zero-order chi connectivity index (χ0) is 26.9. The number of hydrogen-bond acceptors (Lipinski definition) is 2. The van der Waals surface area contributed by atoms with Crippen LogP contribution < -0.4 is 0 Å². The van der Waals surface area contributed by atoms with E-state index in [9.17, 15) is 0 Å². The fraction of sp³-hybridized carbons (Fsp3) is 0. The van der Waals surface area contributed by atoms with Gasteiger partial charge in [-0.1, -0.05) is 109 Å². The molecular weight excluding hydrogens is 498 g/mol. The van der Waals surface area contributed by atoms with Gasteiger partial charge in [0.25, 0.3) is 0 Å². The van der Waals surface area contributed by atoms with Gasteiger partial charge in [0.1, 0.15) is 0 Å². The number of aromatic nitrogens is 3. The first-order valence-corrected chi connectivity index (χ1v) is 13.9. The zero-order valence-electron chi connectivity index (χ0n) is 22.1. The van der Waals surface area contributed by atoms with Crippen LogP contribution in [0.4, 0.5) is 0 Å². The molecule has 0 spiro atoms. The first-order chi connectivity index (χ1) is 20.3. The molecule has 0 aliphatic heterocycles. The quantitative estimate of drug-likeness (QED) is 0.212.